The molecular weight excluding hydrogens is 246 g/mol. The first-order valence-electron chi connectivity index (χ1n) is 6.48. The molecule has 1 aliphatic rings. The Morgan fingerprint density at radius 1 is 1.39 bits per heavy atom. The zero-order valence-electron chi connectivity index (χ0n) is 10.5. The van der Waals surface area contributed by atoms with E-state index in [1.165, 1.54) is 5.56 Å². The molecule has 3 heteroatoms. The molecule has 0 saturated heterocycles. The minimum atomic E-state index is 0.592. The van der Waals surface area contributed by atoms with Crippen molar-refractivity contribution in [1.82, 2.24) is 4.98 Å². The lowest BCUT2D eigenvalue weighted by Crippen LogP contribution is -2.13. The van der Waals surface area contributed by atoms with Crippen molar-refractivity contribution < 1.29 is 4.74 Å². The van der Waals surface area contributed by atoms with E-state index in [9.17, 15) is 0 Å². The lowest BCUT2D eigenvalue weighted by molar-refractivity contribution is 0.109. The first kappa shape index (κ1) is 11.9. The third kappa shape index (κ3) is 1.90. The summed E-state index contributed by atoms with van der Waals surface area (Å²) >= 11 is 6.51. The first-order valence-corrected chi connectivity index (χ1v) is 6.85. The lowest BCUT2D eigenvalue weighted by atomic mass is 10.0. The van der Waals surface area contributed by atoms with E-state index in [0.29, 0.717) is 6.61 Å². The number of halogens is 1. The van der Waals surface area contributed by atoms with Gasteiger partial charge in [0.15, 0.2) is 0 Å². The molecule has 0 radical (unpaired) electrons. The summed E-state index contributed by atoms with van der Waals surface area (Å²) in [4.78, 5) is 4.83. The van der Waals surface area contributed by atoms with Gasteiger partial charge < -0.3 is 4.74 Å². The van der Waals surface area contributed by atoms with Gasteiger partial charge in [-0.1, -0.05) is 43.1 Å². The van der Waals surface area contributed by atoms with Gasteiger partial charge in [0.25, 0.3) is 0 Å². The van der Waals surface area contributed by atoms with Crippen LogP contribution in [-0.4, -0.2) is 11.6 Å². The summed E-state index contributed by atoms with van der Waals surface area (Å²) in [6.07, 6.45) is 3.04. The van der Waals surface area contributed by atoms with E-state index in [2.05, 4.69) is 25.1 Å². The highest BCUT2D eigenvalue weighted by Crippen LogP contribution is 2.32. The van der Waals surface area contributed by atoms with Crippen LogP contribution in [0.5, 0.6) is 0 Å². The van der Waals surface area contributed by atoms with E-state index in [1.807, 2.05) is 0 Å². The summed E-state index contributed by atoms with van der Waals surface area (Å²) in [5.41, 5.74) is 4.56. The van der Waals surface area contributed by atoms with Gasteiger partial charge >= 0.3 is 0 Å². The predicted molar refractivity (Wildman–Crippen MR) is 74.1 cm³/mol. The smallest absolute Gasteiger partial charge is 0.0752 e. The minimum absolute atomic E-state index is 0.592. The van der Waals surface area contributed by atoms with Crippen molar-refractivity contribution in [2.75, 3.05) is 6.61 Å². The van der Waals surface area contributed by atoms with E-state index in [0.717, 1.165) is 53.1 Å². The molecule has 1 aromatic carbocycles. The molecule has 0 N–H and O–H groups in total. The van der Waals surface area contributed by atoms with E-state index in [-0.39, 0.29) is 0 Å². The SMILES string of the molecule is CCCc1cccc2c(Cl)c3c(nc12)CCOC3. The zero-order valence-corrected chi connectivity index (χ0v) is 11.3. The number of pyridine rings is 1. The Morgan fingerprint density at radius 3 is 3.11 bits per heavy atom. The number of aromatic nitrogens is 1. The fourth-order valence-electron chi connectivity index (χ4n) is 2.56. The molecular formula is C15H16ClNO. The number of nitrogens with zero attached hydrogens (tertiary/aromatic N) is 1. The van der Waals surface area contributed by atoms with Gasteiger partial charge in [-0.25, -0.2) is 0 Å². The van der Waals surface area contributed by atoms with Gasteiger partial charge in [0, 0.05) is 17.4 Å². The molecule has 18 heavy (non-hydrogen) atoms. The van der Waals surface area contributed by atoms with Gasteiger partial charge in [0.05, 0.1) is 29.4 Å². The maximum Gasteiger partial charge on any atom is 0.0752 e. The van der Waals surface area contributed by atoms with Crippen LogP contribution in [0.4, 0.5) is 0 Å². The molecule has 94 valence electrons. The van der Waals surface area contributed by atoms with Crippen LogP contribution in [0.15, 0.2) is 18.2 Å². The molecule has 2 heterocycles. The average Bonchev–Trinajstić information content (AvgIpc) is 2.40. The number of fused-ring (bicyclic) bond motifs is 2. The molecule has 0 saturated carbocycles. The van der Waals surface area contributed by atoms with Gasteiger partial charge in [0.1, 0.15) is 0 Å². The van der Waals surface area contributed by atoms with Crippen LogP contribution in [0.3, 0.4) is 0 Å². The molecule has 2 aromatic rings. The molecule has 3 rings (SSSR count). The van der Waals surface area contributed by atoms with Gasteiger partial charge in [0.2, 0.25) is 0 Å². The monoisotopic (exact) mass is 261 g/mol. The molecule has 0 fully saturated rings. The fraction of sp³-hybridized carbons (Fsp3) is 0.400. The van der Waals surface area contributed by atoms with Crippen molar-refractivity contribution in [2.24, 2.45) is 0 Å². The van der Waals surface area contributed by atoms with Gasteiger partial charge in [-0.15, -0.1) is 0 Å². The van der Waals surface area contributed by atoms with Crippen molar-refractivity contribution in [3.05, 3.63) is 40.0 Å². The van der Waals surface area contributed by atoms with Crippen LogP contribution in [0.2, 0.25) is 5.02 Å². The summed E-state index contributed by atoms with van der Waals surface area (Å²) < 4.78 is 5.48. The molecule has 0 amide bonds. The molecule has 2 nitrogen and oxygen atoms in total. The number of benzene rings is 1. The van der Waals surface area contributed by atoms with Crippen molar-refractivity contribution in [1.29, 1.82) is 0 Å². The molecule has 0 spiro atoms. The van der Waals surface area contributed by atoms with E-state index < -0.39 is 0 Å². The number of rotatable bonds is 2. The molecule has 0 bridgehead atoms. The highest BCUT2D eigenvalue weighted by atomic mass is 35.5. The topological polar surface area (TPSA) is 22.1 Å². The predicted octanol–water partition coefficient (Wildman–Crippen LogP) is 3.91. The Hall–Kier alpha value is -1.12. The molecule has 0 atom stereocenters. The van der Waals surface area contributed by atoms with Crippen LogP contribution >= 0.6 is 11.6 Å². The Morgan fingerprint density at radius 2 is 2.28 bits per heavy atom. The first-order chi connectivity index (χ1) is 8.81. The summed E-state index contributed by atoms with van der Waals surface area (Å²) in [5.74, 6) is 0. The minimum Gasteiger partial charge on any atom is -0.376 e. The van der Waals surface area contributed by atoms with Crippen molar-refractivity contribution in [3.8, 4) is 0 Å². The Kier molecular flexibility index (Phi) is 3.23. The summed E-state index contributed by atoms with van der Waals surface area (Å²) in [7, 11) is 0. The summed E-state index contributed by atoms with van der Waals surface area (Å²) in [5, 5.41) is 1.89. The van der Waals surface area contributed by atoms with Crippen LogP contribution in [0, 0.1) is 0 Å². The number of hydrogen-bond donors (Lipinski definition) is 0. The normalized spacial score (nSPS) is 14.8. The Balaban J connectivity index is 2.27. The van der Waals surface area contributed by atoms with Crippen molar-refractivity contribution in [2.45, 2.75) is 32.8 Å². The van der Waals surface area contributed by atoms with Gasteiger partial charge in [-0.05, 0) is 12.0 Å². The number of para-hydroxylation sites is 1. The van der Waals surface area contributed by atoms with Gasteiger partial charge in [-0.3, -0.25) is 4.98 Å². The quantitative estimate of drug-likeness (QED) is 0.818. The standard InChI is InChI=1S/C15H16ClNO/c1-2-4-10-5-3-6-11-14(16)12-9-18-8-7-13(12)17-15(10)11/h3,5-6H,2,4,7-9H2,1H3. The maximum absolute atomic E-state index is 6.51. The Labute approximate surface area is 112 Å². The van der Waals surface area contributed by atoms with Crippen LogP contribution in [0.25, 0.3) is 10.9 Å². The average molecular weight is 262 g/mol. The highest BCUT2D eigenvalue weighted by molar-refractivity contribution is 6.36. The van der Waals surface area contributed by atoms with Crippen molar-refractivity contribution in [3.63, 3.8) is 0 Å². The van der Waals surface area contributed by atoms with Crippen LogP contribution in [0.1, 0.15) is 30.2 Å². The van der Waals surface area contributed by atoms with E-state index in [4.69, 9.17) is 21.3 Å². The molecule has 0 aliphatic carbocycles. The summed E-state index contributed by atoms with van der Waals surface area (Å²) in [6.45, 7) is 3.53. The highest BCUT2D eigenvalue weighted by Gasteiger charge is 2.18. The summed E-state index contributed by atoms with van der Waals surface area (Å²) in [6, 6.07) is 6.27. The van der Waals surface area contributed by atoms with E-state index >= 15 is 0 Å². The maximum atomic E-state index is 6.51. The van der Waals surface area contributed by atoms with Crippen LogP contribution < -0.4 is 0 Å². The molecule has 1 aromatic heterocycles. The largest absolute Gasteiger partial charge is 0.376 e. The van der Waals surface area contributed by atoms with Gasteiger partial charge in [-0.2, -0.15) is 0 Å². The van der Waals surface area contributed by atoms with Crippen LogP contribution in [-0.2, 0) is 24.2 Å². The third-order valence-electron chi connectivity index (χ3n) is 3.47. The number of aryl methyl sites for hydroxylation is 1. The zero-order chi connectivity index (χ0) is 12.5. The lowest BCUT2D eigenvalue weighted by Gasteiger charge is -2.19. The fourth-order valence-corrected chi connectivity index (χ4v) is 2.88. The second-order valence-electron chi connectivity index (χ2n) is 4.72. The number of ether oxygens (including phenoxy) is 1. The second-order valence-corrected chi connectivity index (χ2v) is 5.09. The number of hydrogen-bond acceptors (Lipinski definition) is 2. The third-order valence-corrected chi connectivity index (χ3v) is 3.90. The van der Waals surface area contributed by atoms with Crippen molar-refractivity contribution >= 4 is 22.5 Å². The Bertz CT molecular complexity index is 595. The second kappa shape index (κ2) is 4.87. The molecule has 1 aliphatic heterocycles. The molecule has 0 unspecified atom stereocenters. The van der Waals surface area contributed by atoms with E-state index in [1.54, 1.807) is 0 Å².